The molecule has 0 radical (unpaired) electrons. The highest BCUT2D eigenvalue weighted by Crippen LogP contribution is 2.28. The number of nitrogens with one attached hydrogen (secondary N) is 1. The summed E-state index contributed by atoms with van der Waals surface area (Å²) in [6, 6.07) is 16.6. The van der Waals surface area contributed by atoms with Gasteiger partial charge in [-0.25, -0.2) is 0 Å². The molecule has 2 heterocycles. The normalized spacial score (nSPS) is 13.4. The van der Waals surface area contributed by atoms with Crippen molar-refractivity contribution in [2.24, 2.45) is 0 Å². The molecule has 1 aliphatic rings. The van der Waals surface area contributed by atoms with Crippen molar-refractivity contribution >= 4 is 45.7 Å². The molecular formula is C24H27N5O4S2. The van der Waals surface area contributed by atoms with E-state index in [-0.39, 0.29) is 24.2 Å². The standard InChI is InChI=1S/C24H27N5O4S2/c1-2-32-19-8-10-20(11-9-19)33-16-22(31)28-12-14-29(15-13-28)23-26-27-24(35-23)34-17-21(30)25-18-6-4-3-5-7-18/h3-11H,2,12-17H2,1H3,(H,25,30). The molecule has 2 amide bonds. The van der Waals surface area contributed by atoms with Gasteiger partial charge in [0, 0.05) is 31.9 Å². The average Bonchev–Trinajstić information content (AvgIpc) is 3.37. The third-order valence-corrected chi connectivity index (χ3v) is 7.30. The van der Waals surface area contributed by atoms with Crippen molar-refractivity contribution in [1.82, 2.24) is 15.1 Å². The van der Waals surface area contributed by atoms with E-state index in [1.165, 1.54) is 23.1 Å². The van der Waals surface area contributed by atoms with Crippen LogP contribution in [0.25, 0.3) is 0 Å². The molecule has 1 N–H and O–H groups in total. The molecule has 1 aliphatic heterocycles. The van der Waals surface area contributed by atoms with E-state index in [0.717, 1.165) is 20.9 Å². The molecule has 2 aromatic carbocycles. The third-order valence-electron chi connectivity index (χ3n) is 5.18. The van der Waals surface area contributed by atoms with Crippen LogP contribution in [0.15, 0.2) is 58.9 Å². The minimum atomic E-state index is -0.0856. The number of benzene rings is 2. The Kier molecular flexibility index (Phi) is 8.79. The number of hydrogen-bond donors (Lipinski definition) is 1. The Bertz CT molecular complexity index is 1100. The minimum Gasteiger partial charge on any atom is -0.494 e. The largest absolute Gasteiger partial charge is 0.494 e. The lowest BCUT2D eigenvalue weighted by molar-refractivity contribution is -0.133. The Morgan fingerprint density at radius 1 is 0.971 bits per heavy atom. The summed E-state index contributed by atoms with van der Waals surface area (Å²) in [7, 11) is 0. The van der Waals surface area contributed by atoms with Crippen LogP contribution in [0.4, 0.5) is 10.8 Å². The number of anilines is 2. The van der Waals surface area contributed by atoms with Crippen LogP contribution in [0.1, 0.15) is 6.92 Å². The first-order chi connectivity index (χ1) is 17.1. The lowest BCUT2D eigenvalue weighted by Gasteiger charge is -2.34. The summed E-state index contributed by atoms with van der Waals surface area (Å²) >= 11 is 2.82. The van der Waals surface area contributed by atoms with Gasteiger partial charge in [-0.3, -0.25) is 9.59 Å². The maximum Gasteiger partial charge on any atom is 0.260 e. The maximum absolute atomic E-state index is 12.6. The fourth-order valence-corrected chi connectivity index (χ4v) is 5.11. The number of thioether (sulfide) groups is 1. The molecule has 9 nitrogen and oxygen atoms in total. The van der Waals surface area contributed by atoms with E-state index in [1.54, 1.807) is 17.0 Å². The molecule has 0 unspecified atom stereocenters. The molecular weight excluding hydrogens is 486 g/mol. The summed E-state index contributed by atoms with van der Waals surface area (Å²) in [6.45, 7) is 5.05. The van der Waals surface area contributed by atoms with Gasteiger partial charge in [-0.2, -0.15) is 0 Å². The Morgan fingerprint density at radius 2 is 1.66 bits per heavy atom. The summed E-state index contributed by atoms with van der Waals surface area (Å²) in [6.07, 6.45) is 0. The van der Waals surface area contributed by atoms with Crippen LogP contribution in [0.2, 0.25) is 0 Å². The topological polar surface area (TPSA) is 96.9 Å². The zero-order valence-corrected chi connectivity index (χ0v) is 21.0. The summed E-state index contributed by atoms with van der Waals surface area (Å²) in [4.78, 5) is 28.6. The molecule has 184 valence electrons. The maximum atomic E-state index is 12.6. The number of piperazine rings is 1. The van der Waals surface area contributed by atoms with E-state index in [9.17, 15) is 9.59 Å². The van der Waals surface area contributed by atoms with Crippen LogP contribution >= 0.6 is 23.1 Å². The molecule has 0 aliphatic carbocycles. The van der Waals surface area contributed by atoms with E-state index in [4.69, 9.17) is 9.47 Å². The van der Waals surface area contributed by atoms with Crippen LogP contribution in [-0.4, -0.2) is 72.1 Å². The number of hydrogen-bond acceptors (Lipinski definition) is 9. The molecule has 1 aromatic heterocycles. The fraction of sp³-hybridized carbons (Fsp3) is 0.333. The first kappa shape index (κ1) is 24.8. The van der Waals surface area contributed by atoms with Crippen LogP contribution in [-0.2, 0) is 9.59 Å². The summed E-state index contributed by atoms with van der Waals surface area (Å²) in [5, 5.41) is 12.1. The lowest BCUT2D eigenvalue weighted by atomic mass is 10.3. The van der Waals surface area contributed by atoms with Crippen molar-refractivity contribution in [2.45, 2.75) is 11.3 Å². The smallest absolute Gasteiger partial charge is 0.260 e. The highest BCUT2D eigenvalue weighted by molar-refractivity contribution is 8.01. The Hall–Kier alpha value is -3.31. The van der Waals surface area contributed by atoms with Crippen molar-refractivity contribution in [2.75, 3.05) is 55.4 Å². The predicted octanol–water partition coefficient (Wildman–Crippen LogP) is 3.40. The highest BCUT2D eigenvalue weighted by atomic mass is 32.2. The van der Waals surface area contributed by atoms with Crippen molar-refractivity contribution in [3.63, 3.8) is 0 Å². The van der Waals surface area contributed by atoms with Crippen molar-refractivity contribution in [1.29, 1.82) is 0 Å². The van der Waals surface area contributed by atoms with Crippen LogP contribution in [0.3, 0.4) is 0 Å². The average molecular weight is 514 g/mol. The van der Waals surface area contributed by atoms with E-state index in [0.29, 0.717) is 38.5 Å². The number of nitrogens with zero attached hydrogens (tertiary/aromatic N) is 4. The first-order valence-electron chi connectivity index (χ1n) is 11.3. The molecule has 0 saturated carbocycles. The second-order valence-corrected chi connectivity index (χ2v) is 9.79. The molecule has 0 atom stereocenters. The van der Waals surface area contributed by atoms with Gasteiger partial charge in [0.1, 0.15) is 11.5 Å². The number of carbonyl (C=O) groups is 2. The SMILES string of the molecule is CCOc1ccc(OCC(=O)N2CCN(c3nnc(SCC(=O)Nc4ccccc4)s3)CC2)cc1. The van der Waals surface area contributed by atoms with Crippen molar-refractivity contribution in [3.8, 4) is 11.5 Å². The molecule has 1 saturated heterocycles. The van der Waals surface area contributed by atoms with Gasteiger partial charge < -0.3 is 24.6 Å². The summed E-state index contributed by atoms with van der Waals surface area (Å²) in [5.41, 5.74) is 0.772. The third kappa shape index (κ3) is 7.33. The van der Waals surface area contributed by atoms with Crippen LogP contribution in [0.5, 0.6) is 11.5 Å². The van der Waals surface area contributed by atoms with Gasteiger partial charge in [-0.1, -0.05) is 41.3 Å². The van der Waals surface area contributed by atoms with E-state index in [1.807, 2.05) is 49.4 Å². The summed E-state index contributed by atoms with van der Waals surface area (Å²) in [5.74, 6) is 1.54. The summed E-state index contributed by atoms with van der Waals surface area (Å²) < 4.78 is 11.8. The van der Waals surface area contributed by atoms with Gasteiger partial charge in [0.25, 0.3) is 5.91 Å². The molecule has 0 spiro atoms. The molecule has 1 fully saturated rings. The Morgan fingerprint density at radius 3 is 2.34 bits per heavy atom. The highest BCUT2D eigenvalue weighted by Gasteiger charge is 2.24. The number of aromatic nitrogens is 2. The van der Waals surface area contributed by atoms with Crippen LogP contribution < -0.4 is 19.7 Å². The van der Waals surface area contributed by atoms with E-state index in [2.05, 4.69) is 20.4 Å². The molecule has 4 rings (SSSR count). The van der Waals surface area contributed by atoms with Crippen LogP contribution in [0, 0.1) is 0 Å². The van der Waals surface area contributed by atoms with Crippen molar-refractivity contribution in [3.05, 3.63) is 54.6 Å². The molecule has 11 heteroatoms. The van der Waals surface area contributed by atoms with Gasteiger partial charge >= 0.3 is 0 Å². The predicted molar refractivity (Wildman–Crippen MR) is 138 cm³/mol. The molecule has 35 heavy (non-hydrogen) atoms. The molecule has 0 bridgehead atoms. The monoisotopic (exact) mass is 513 g/mol. The lowest BCUT2D eigenvalue weighted by Crippen LogP contribution is -2.50. The zero-order chi connectivity index (χ0) is 24.5. The first-order valence-corrected chi connectivity index (χ1v) is 13.1. The van der Waals surface area contributed by atoms with Gasteiger partial charge in [-0.05, 0) is 43.3 Å². The number of carbonyl (C=O) groups excluding carboxylic acids is 2. The fourth-order valence-electron chi connectivity index (χ4n) is 3.42. The van der Waals surface area contributed by atoms with E-state index >= 15 is 0 Å². The Balaban J connectivity index is 1.18. The van der Waals surface area contributed by atoms with Gasteiger partial charge in [0.05, 0.1) is 12.4 Å². The second-order valence-electron chi connectivity index (χ2n) is 7.61. The Labute approximate surface area is 212 Å². The van der Waals surface area contributed by atoms with Gasteiger partial charge in [0.15, 0.2) is 10.9 Å². The minimum absolute atomic E-state index is 0.00137. The van der Waals surface area contributed by atoms with Gasteiger partial charge in [-0.15, -0.1) is 10.2 Å². The van der Waals surface area contributed by atoms with E-state index < -0.39 is 0 Å². The second kappa shape index (κ2) is 12.4. The zero-order valence-electron chi connectivity index (χ0n) is 19.4. The number of rotatable bonds is 10. The number of ether oxygens (including phenoxy) is 2. The van der Waals surface area contributed by atoms with Crippen molar-refractivity contribution < 1.29 is 19.1 Å². The van der Waals surface area contributed by atoms with Gasteiger partial charge in [0.2, 0.25) is 11.0 Å². The quantitative estimate of drug-likeness (QED) is 0.412. The number of para-hydroxylation sites is 1. The molecule has 3 aromatic rings. The number of amides is 2.